The van der Waals surface area contributed by atoms with Crippen LogP contribution in [0.1, 0.15) is 33.6 Å². The highest BCUT2D eigenvalue weighted by Gasteiger charge is 2.16. The van der Waals surface area contributed by atoms with Crippen molar-refractivity contribution >= 4 is 11.8 Å². The van der Waals surface area contributed by atoms with Gasteiger partial charge < -0.3 is 30.3 Å². The van der Waals surface area contributed by atoms with Crippen LogP contribution < -0.4 is 10.6 Å². The lowest BCUT2D eigenvalue weighted by Crippen LogP contribution is -2.42. The first kappa shape index (κ1) is 23.7. The molecule has 0 aromatic heterocycles. The molecular formula is C16H33N3O6. The first-order chi connectivity index (χ1) is 11.8. The third kappa shape index (κ3) is 16.0. The predicted octanol–water partition coefficient (Wildman–Crippen LogP) is -0.969. The summed E-state index contributed by atoms with van der Waals surface area (Å²) in [5, 5.41) is 25.0. The summed E-state index contributed by atoms with van der Waals surface area (Å²) in [6.45, 7) is 6.59. The zero-order valence-electron chi connectivity index (χ0n) is 15.5. The molecule has 0 saturated heterocycles. The summed E-state index contributed by atoms with van der Waals surface area (Å²) in [6, 6.07) is 0. The molecule has 0 spiro atoms. The molecule has 0 aliphatic carbocycles. The predicted molar refractivity (Wildman–Crippen MR) is 92.6 cm³/mol. The Bertz CT molecular complexity index is 340. The van der Waals surface area contributed by atoms with E-state index in [4.69, 9.17) is 9.47 Å². The monoisotopic (exact) mass is 363 g/mol. The van der Waals surface area contributed by atoms with Crippen LogP contribution in [-0.2, 0) is 19.1 Å². The molecule has 9 heteroatoms. The number of aliphatic hydroxyl groups excluding tert-OH is 2. The fourth-order valence-corrected chi connectivity index (χ4v) is 2.04. The van der Waals surface area contributed by atoms with Crippen LogP contribution in [-0.4, -0.2) is 85.4 Å². The fraction of sp³-hybridized carbons (Fsp3) is 0.875. The minimum atomic E-state index is -0.724. The highest BCUT2D eigenvalue weighted by Crippen LogP contribution is 2.01. The minimum absolute atomic E-state index is 0.0565. The Labute approximate surface area is 149 Å². The van der Waals surface area contributed by atoms with Crippen LogP contribution in [0.3, 0.4) is 0 Å². The molecule has 148 valence electrons. The highest BCUT2D eigenvalue weighted by atomic mass is 16.5. The number of unbranched alkanes of at least 4 members (excludes halogenated alkanes) is 1. The summed E-state index contributed by atoms with van der Waals surface area (Å²) in [5.74, 6) is -0.386. The van der Waals surface area contributed by atoms with Gasteiger partial charge in [-0.3, -0.25) is 14.5 Å². The summed E-state index contributed by atoms with van der Waals surface area (Å²) in [6.07, 6.45) is 0.496. The van der Waals surface area contributed by atoms with Crippen LogP contribution >= 0.6 is 0 Å². The zero-order valence-corrected chi connectivity index (χ0v) is 15.5. The molecule has 0 aromatic rings. The van der Waals surface area contributed by atoms with Crippen molar-refractivity contribution < 1.29 is 29.3 Å². The van der Waals surface area contributed by atoms with Crippen molar-refractivity contribution in [2.24, 2.45) is 0 Å². The maximum absolute atomic E-state index is 10.7. The number of nitrogens with zero attached hydrogens (tertiary/aromatic N) is 1. The summed E-state index contributed by atoms with van der Waals surface area (Å²) >= 11 is 0. The van der Waals surface area contributed by atoms with Gasteiger partial charge in [-0.15, -0.1) is 0 Å². The standard InChI is InChI=1S/C16H33N3O6/c1-4-5-6-19(7-15(22)9-24-11-17-13(2)20)8-16(23)10-25-12-18-14(3)21/h15-16,22-23H,4-12H2,1-3H3,(H,17,20)(H,18,21). The van der Waals surface area contributed by atoms with E-state index in [-0.39, 0.29) is 38.5 Å². The molecule has 2 unspecified atom stereocenters. The Hall–Kier alpha value is -1.26. The number of aliphatic hydroxyl groups is 2. The Morgan fingerprint density at radius 1 is 0.960 bits per heavy atom. The normalized spacial score (nSPS) is 13.5. The molecule has 0 aromatic carbocycles. The van der Waals surface area contributed by atoms with Gasteiger partial charge >= 0.3 is 0 Å². The maximum Gasteiger partial charge on any atom is 0.218 e. The van der Waals surface area contributed by atoms with E-state index in [1.165, 1.54) is 13.8 Å². The topological polar surface area (TPSA) is 120 Å². The van der Waals surface area contributed by atoms with E-state index in [0.717, 1.165) is 19.4 Å². The van der Waals surface area contributed by atoms with E-state index in [1.54, 1.807) is 0 Å². The van der Waals surface area contributed by atoms with Crippen molar-refractivity contribution in [2.45, 2.75) is 45.8 Å². The molecule has 2 atom stereocenters. The molecule has 25 heavy (non-hydrogen) atoms. The van der Waals surface area contributed by atoms with Crippen molar-refractivity contribution in [3.8, 4) is 0 Å². The van der Waals surface area contributed by atoms with E-state index in [0.29, 0.717) is 13.1 Å². The molecule has 0 radical (unpaired) electrons. The Kier molecular flexibility index (Phi) is 14.3. The average molecular weight is 363 g/mol. The van der Waals surface area contributed by atoms with Gasteiger partial charge in [0.1, 0.15) is 13.5 Å². The van der Waals surface area contributed by atoms with Crippen LogP contribution in [0.2, 0.25) is 0 Å². The number of hydrogen-bond donors (Lipinski definition) is 4. The summed E-state index contributed by atoms with van der Waals surface area (Å²) in [4.78, 5) is 23.4. The number of carbonyl (C=O) groups excluding carboxylic acids is 2. The molecule has 0 heterocycles. The molecule has 2 amide bonds. The van der Waals surface area contributed by atoms with Gasteiger partial charge in [0.05, 0.1) is 25.4 Å². The van der Waals surface area contributed by atoms with Gasteiger partial charge in [0, 0.05) is 26.9 Å². The van der Waals surface area contributed by atoms with Crippen molar-refractivity contribution in [3.63, 3.8) is 0 Å². The largest absolute Gasteiger partial charge is 0.389 e. The van der Waals surface area contributed by atoms with Crippen LogP contribution in [0.4, 0.5) is 0 Å². The van der Waals surface area contributed by atoms with Gasteiger partial charge in [-0.2, -0.15) is 0 Å². The Balaban J connectivity index is 4.11. The summed E-state index contributed by atoms with van der Waals surface area (Å²) in [7, 11) is 0. The first-order valence-corrected chi connectivity index (χ1v) is 8.58. The lowest BCUT2D eigenvalue weighted by atomic mass is 10.2. The molecule has 4 N–H and O–H groups in total. The molecule has 0 fully saturated rings. The minimum Gasteiger partial charge on any atom is -0.389 e. The number of rotatable bonds is 15. The van der Waals surface area contributed by atoms with Crippen LogP contribution in [0, 0.1) is 0 Å². The van der Waals surface area contributed by atoms with Gasteiger partial charge in [-0.25, -0.2) is 0 Å². The molecule has 0 rings (SSSR count). The van der Waals surface area contributed by atoms with E-state index in [9.17, 15) is 19.8 Å². The van der Waals surface area contributed by atoms with Gasteiger partial charge in [0.2, 0.25) is 11.8 Å². The van der Waals surface area contributed by atoms with E-state index in [2.05, 4.69) is 17.6 Å². The molecular weight excluding hydrogens is 330 g/mol. The van der Waals surface area contributed by atoms with Crippen LogP contribution in [0.25, 0.3) is 0 Å². The lowest BCUT2D eigenvalue weighted by Gasteiger charge is -2.27. The summed E-state index contributed by atoms with van der Waals surface area (Å²) in [5.41, 5.74) is 0. The van der Waals surface area contributed by atoms with E-state index >= 15 is 0 Å². The second-order valence-corrected chi connectivity index (χ2v) is 5.92. The van der Waals surface area contributed by atoms with Crippen molar-refractivity contribution in [2.75, 3.05) is 46.3 Å². The van der Waals surface area contributed by atoms with Crippen molar-refractivity contribution in [3.05, 3.63) is 0 Å². The second kappa shape index (κ2) is 15.0. The highest BCUT2D eigenvalue weighted by molar-refractivity contribution is 5.72. The van der Waals surface area contributed by atoms with Crippen molar-refractivity contribution in [1.82, 2.24) is 15.5 Å². The number of ether oxygens (including phenoxy) is 2. The Morgan fingerprint density at radius 2 is 1.40 bits per heavy atom. The first-order valence-electron chi connectivity index (χ1n) is 8.58. The van der Waals surface area contributed by atoms with Crippen molar-refractivity contribution in [1.29, 1.82) is 0 Å². The van der Waals surface area contributed by atoms with Crippen LogP contribution in [0.5, 0.6) is 0 Å². The lowest BCUT2D eigenvalue weighted by molar-refractivity contribution is -0.121. The third-order valence-corrected chi connectivity index (χ3v) is 3.23. The molecule has 0 aliphatic rings. The average Bonchev–Trinajstić information content (AvgIpc) is 2.53. The SMILES string of the molecule is CCCCN(CC(O)COCNC(C)=O)CC(O)COCNC(C)=O. The van der Waals surface area contributed by atoms with E-state index in [1.807, 2.05) is 4.90 Å². The number of hydrogen-bond acceptors (Lipinski definition) is 7. The third-order valence-electron chi connectivity index (χ3n) is 3.23. The molecule has 0 aliphatic heterocycles. The Morgan fingerprint density at radius 3 is 1.76 bits per heavy atom. The maximum atomic E-state index is 10.7. The quantitative estimate of drug-likeness (QED) is 0.218. The van der Waals surface area contributed by atoms with Crippen LogP contribution in [0.15, 0.2) is 0 Å². The number of amides is 2. The molecule has 9 nitrogen and oxygen atoms in total. The molecule has 0 bridgehead atoms. The van der Waals surface area contributed by atoms with Gasteiger partial charge in [0.15, 0.2) is 0 Å². The van der Waals surface area contributed by atoms with Gasteiger partial charge in [-0.05, 0) is 13.0 Å². The number of nitrogens with one attached hydrogen (secondary N) is 2. The summed E-state index contributed by atoms with van der Waals surface area (Å²) < 4.78 is 10.4. The second-order valence-electron chi connectivity index (χ2n) is 5.92. The van der Waals surface area contributed by atoms with E-state index < -0.39 is 12.2 Å². The zero-order chi connectivity index (χ0) is 19.1. The van der Waals surface area contributed by atoms with Gasteiger partial charge in [-0.1, -0.05) is 13.3 Å². The molecule has 0 saturated carbocycles. The number of carbonyl (C=O) groups is 2. The van der Waals surface area contributed by atoms with Gasteiger partial charge in [0.25, 0.3) is 0 Å². The smallest absolute Gasteiger partial charge is 0.218 e. The fourth-order valence-electron chi connectivity index (χ4n) is 2.04.